The second-order valence-electron chi connectivity index (χ2n) is 5.21. The Morgan fingerprint density at radius 1 is 1.26 bits per heavy atom. The van der Waals surface area contributed by atoms with Gasteiger partial charge in [0, 0.05) is 18.1 Å². The molecule has 1 atom stereocenters. The number of unbranched alkanes of at least 4 members (excludes halogenated alkanes) is 1. The van der Waals surface area contributed by atoms with E-state index in [1.165, 1.54) is 0 Å². The van der Waals surface area contributed by atoms with Crippen molar-refractivity contribution in [2.24, 2.45) is 0 Å². The van der Waals surface area contributed by atoms with E-state index in [9.17, 15) is 9.59 Å². The molecule has 1 amide bonds. The predicted molar refractivity (Wildman–Crippen MR) is 82.9 cm³/mol. The maximum absolute atomic E-state index is 12.1. The van der Waals surface area contributed by atoms with Crippen LogP contribution in [0.3, 0.4) is 0 Å². The van der Waals surface area contributed by atoms with Crippen molar-refractivity contribution in [2.75, 3.05) is 0 Å². The number of carboxylic acids is 1. The van der Waals surface area contributed by atoms with Gasteiger partial charge < -0.3 is 14.8 Å². The normalized spacial score (nSPS) is 11.9. The summed E-state index contributed by atoms with van der Waals surface area (Å²) in [5, 5.41) is 19.3. The molecule has 2 rings (SSSR count). The number of aliphatic carboxylic acids is 1. The fraction of sp³-hybridized carbons (Fsp3) is 0.375. The van der Waals surface area contributed by atoms with E-state index in [0.29, 0.717) is 29.3 Å². The molecule has 0 saturated carbocycles. The molecule has 0 aliphatic carbocycles. The molecule has 1 aromatic carbocycles. The van der Waals surface area contributed by atoms with Crippen LogP contribution in [0, 0.1) is 6.92 Å². The highest BCUT2D eigenvalue weighted by Gasteiger charge is 2.20. The third-order valence-electron chi connectivity index (χ3n) is 3.37. The Bertz CT molecular complexity index is 679. The Morgan fingerprint density at radius 2 is 1.96 bits per heavy atom. The van der Waals surface area contributed by atoms with Crippen molar-refractivity contribution in [1.29, 1.82) is 0 Å². The van der Waals surface area contributed by atoms with Crippen molar-refractivity contribution in [3.8, 4) is 11.5 Å². The highest BCUT2D eigenvalue weighted by molar-refractivity contribution is 5.96. The van der Waals surface area contributed by atoms with Crippen LogP contribution in [0.5, 0.6) is 0 Å². The molecule has 0 spiro atoms. The van der Waals surface area contributed by atoms with Gasteiger partial charge in [0.05, 0.1) is 0 Å². The molecule has 0 aliphatic heterocycles. The van der Waals surface area contributed by atoms with E-state index in [1.807, 2.05) is 6.92 Å². The maximum Gasteiger partial charge on any atom is 0.326 e. The molecular weight excluding hydrogens is 298 g/mol. The maximum atomic E-state index is 12.1. The number of nitrogens with zero attached hydrogens (tertiary/aromatic N) is 2. The first-order valence-corrected chi connectivity index (χ1v) is 7.45. The molecule has 0 saturated heterocycles. The Hall–Kier alpha value is -2.70. The summed E-state index contributed by atoms with van der Waals surface area (Å²) in [6, 6.07) is 5.69. The monoisotopic (exact) mass is 317 g/mol. The van der Waals surface area contributed by atoms with Crippen LogP contribution in [-0.4, -0.2) is 33.2 Å². The fourth-order valence-corrected chi connectivity index (χ4v) is 2.08. The van der Waals surface area contributed by atoms with Crippen molar-refractivity contribution in [3.63, 3.8) is 0 Å². The first-order chi connectivity index (χ1) is 11.0. The lowest BCUT2D eigenvalue weighted by Crippen LogP contribution is -2.40. The van der Waals surface area contributed by atoms with Gasteiger partial charge in [-0.05, 0) is 30.7 Å². The number of aromatic nitrogens is 2. The SMILES string of the molecule is CCCCC(NC(=O)c1ccc(-c2nnc(C)o2)cc1)C(=O)O. The highest BCUT2D eigenvalue weighted by Crippen LogP contribution is 2.18. The molecule has 1 aromatic heterocycles. The number of benzene rings is 1. The van der Waals surface area contributed by atoms with Crippen LogP contribution in [0.1, 0.15) is 42.4 Å². The fourth-order valence-electron chi connectivity index (χ4n) is 2.08. The van der Waals surface area contributed by atoms with Gasteiger partial charge in [-0.25, -0.2) is 4.79 Å². The molecule has 1 heterocycles. The molecule has 1 unspecified atom stereocenters. The Morgan fingerprint density at radius 3 is 2.48 bits per heavy atom. The molecule has 122 valence electrons. The zero-order valence-corrected chi connectivity index (χ0v) is 13.1. The number of hydrogen-bond donors (Lipinski definition) is 2. The number of rotatable bonds is 7. The summed E-state index contributed by atoms with van der Waals surface area (Å²) in [7, 11) is 0. The Labute approximate surface area is 133 Å². The lowest BCUT2D eigenvalue weighted by Gasteiger charge is -2.14. The lowest BCUT2D eigenvalue weighted by atomic mass is 10.1. The van der Waals surface area contributed by atoms with Crippen LogP contribution >= 0.6 is 0 Å². The number of carbonyl (C=O) groups excluding carboxylic acids is 1. The van der Waals surface area contributed by atoms with Gasteiger partial charge in [0.2, 0.25) is 11.8 Å². The third kappa shape index (κ3) is 4.38. The predicted octanol–water partition coefficient (Wildman–Crippen LogP) is 2.42. The summed E-state index contributed by atoms with van der Waals surface area (Å²) in [6.07, 6.45) is 2.03. The Balaban J connectivity index is 2.06. The van der Waals surface area contributed by atoms with Crippen molar-refractivity contribution in [1.82, 2.24) is 15.5 Å². The van der Waals surface area contributed by atoms with Gasteiger partial charge in [-0.2, -0.15) is 0 Å². The standard InChI is InChI=1S/C16H19N3O4/c1-3-4-5-13(16(21)22)17-14(20)11-6-8-12(9-7-11)15-19-18-10(2)23-15/h6-9,13H,3-5H2,1-2H3,(H,17,20)(H,21,22). The molecule has 0 fully saturated rings. The first-order valence-electron chi connectivity index (χ1n) is 7.45. The number of hydrogen-bond acceptors (Lipinski definition) is 5. The molecule has 0 radical (unpaired) electrons. The quantitative estimate of drug-likeness (QED) is 0.812. The summed E-state index contributed by atoms with van der Waals surface area (Å²) in [6.45, 7) is 3.67. The summed E-state index contributed by atoms with van der Waals surface area (Å²) in [4.78, 5) is 23.3. The Kier molecular flexibility index (Phi) is 5.46. The first kappa shape index (κ1) is 16.7. The van der Waals surface area contributed by atoms with E-state index in [-0.39, 0.29) is 0 Å². The zero-order valence-electron chi connectivity index (χ0n) is 13.1. The van der Waals surface area contributed by atoms with Crippen LogP contribution in [0.2, 0.25) is 0 Å². The summed E-state index contributed by atoms with van der Waals surface area (Å²) in [5.41, 5.74) is 1.08. The highest BCUT2D eigenvalue weighted by atomic mass is 16.4. The summed E-state index contributed by atoms with van der Waals surface area (Å²) < 4.78 is 5.31. The minimum atomic E-state index is -1.02. The van der Waals surface area contributed by atoms with Crippen LogP contribution in [-0.2, 0) is 4.79 Å². The molecule has 2 aromatic rings. The van der Waals surface area contributed by atoms with Gasteiger partial charge in [-0.3, -0.25) is 4.79 Å². The molecule has 7 heteroatoms. The molecule has 7 nitrogen and oxygen atoms in total. The topological polar surface area (TPSA) is 105 Å². The largest absolute Gasteiger partial charge is 0.480 e. The van der Waals surface area contributed by atoms with Gasteiger partial charge in [0.15, 0.2) is 0 Å². The number of carboxylic acid groups (broad SMARTS) is 1. The summed E-state index contributed by atoms with van der Waals surface area (Å²) >= 11 is 0. The summed E-state index contributed by atoms with van der Waals surface area (Å²) in [5.74, 6) is -0.602. The second kappa shape index (κ2) is 7.53. The smallest absolute Gasteiger partial charge is 0.326 e. The number of amides is 1. The number of aryl methyl sites for hydroxylation is 1. The van der Waals surface area contributed by atoms with Crippen LogP contribution < -0.4 is 5.32 Å². The van der Waals surface area contributed by atoms with E-state index in [2.05, 4.69) is 15.5 Å². The van der Waals surface area contributed by atoms with Gasteiger partial charge >= 0.3 is 5.97 Å². The van der Waals surface area contributed by atoms with Gasteiger partial charge in [0.25, 0.3) is 5.91 Å². The van der Waals surface area contributed by atoms with Gasteiger partial charge in [-0.1, -0.05) is 19.8 Å². The van der Waals surface area contributed by atoms with Crippen LogP contribution in [0.25, 0.3) is 11.5 Å². The van der Waals surface area contributed by atoms with E-state index < -0.39 is 17.9 Å². The lowest BCUT2D eigenvalue weighted by molar-refractivity contribution is -0.139. The molecule has 0 aliphatic rings. The van der Waals surface area contributed by atoms with Crippen LogP contribution in [0.15, 0.2) is 28.7 Å². The van der Waals surface area contributed by atoms with Crippen molar-refractivity contribution >= 4 is 11.9 Å². The van der Waals surface area contributed by atoms with E-state index >= 15 is 0 Å². The van der Waals surface area contributed by atoms with E-state index in [1.54, 1.807) is 31.2 Å². The molecular formula is C16H19N3O4. The minimum absolute atomic E-state index is 0.376. The van der Waals surface area contributed by atoms with E-state index in [4.69, 9.17) is 9.52 Å². The van der Waals surface area contributed by atoms with E-state index in [0.717, 1.165) is 12.8 Å². The van der Waals surface area contributed by atoms with Crippen molar-refractivity contribution in [2.45, 2.75) is 39.2 Å². The number of carbonyl (C=O) groups is 2. The minimum Gasteiger partial charge on any atom is -0.480 e. The zero-order chi connectivity index (χ0) is 16.8. The van der Waals surface area contributed by atoms with Crippen molar-refractivity contribution in [3.05, 3.63) is 35.7 Å². The second-order valence-corrected chi connectivity index (χ2v) is 5.21. The number of nitrogens with one attached hydrogen (secondary N) is 1. The van der Waals surface area contributed by atoms with Gasteiger partial charge in [0.1, 0.15) is 6.04 Å². The average molecular weight is 317 g/mol. The third-order valence-corrected chi connectivity index (χ3v) is 3.37. The molecule has 2 N–H and O–H groups in total. The van der Waals surface area contributed by atoms with Crippen molar-refractivity contribution < 1.29 is 19.1 Å². The molecule has 0 bridgehead atoms. The van der Waals surface area contributed by atoms with Gasteiger partial charge in [-0.15, -0.1) is 10.2 Å². The average Bonchev–Trinajstić information content (AvgIpc) is 2.97. The molecule has 23 heavy (non-hydrogen) atoms. The van der Waals surface area contributed by atoms with Crippen LogP contribution in [0.4, 0.5) is 0 Å².